The largest absolute Gasteiger partial charge is 0.393 e. The summed E-state index contributed by atoms with van der Waals surface area (Å²) in [4.78, 5) is 0. The topological polar surface area (TPSA) is 20.2 Å². The number of allylic oxidation sites excluding steroid dienone is 1. The van der Waals surface area contributed by atoms with Gasteiger partial charge in [-0.15, -0.1) is 0 Å². The summed E-state index contributed by atoms with van der Waals surface area (Å²) in [7, 11) is 0. The summed E-state index contributed by atoms with van der Waals surface area (Å²) >= 11 is 0. The summed E-state index contributed by atoms with van der Waals surface area (Å²) in [5.74, 6) is 0.882. The average Bonchev–Trinajstić information content (AvgIpc) is 1.96. The van der Waals surface area contributed by atoms with E-state index < -0.39 is 0 Å². The van der Waals surface area contributed by atoms with Crippen molar-refractivity contribution in [3.8, 4) is 0 Å². The quantitative estimate of drug-likeness (QED) is 0.575. The second-order valence-corrected chi connectivity index (χ2v) is 3.79. The molecule has 0 heterocycles. The molecular weight excluding hydrogens is 136 g/mol. The van der Waals surface area contributed by atoms with Gasteiger partial charge in [0.15, 0.2) is 0 Å². The molecule has 1 N–H and O–H groups in total. The van der Waals surface area contributed by atoms with Gasteiger partial charge < -0.3 is 5.11 Å². The van der Waals surface area contributed by atoms with Crippen LogP contribution in [-0.2, 0) is 0 Å². The van der Waals surface area contributed by atoms with Crippen molar-refractivity contribution in [1.82, 2.24) is 0 Å². The Kier molecular flexibility index (Phi) is 2.72. The Labute approximate surface area is 69.1 Å². The molecule has 11 heavy (non-hydrogen) atoms. The lowest BCUT2D eigenvalue weighted by Crippen LogP contribution is -2.32. The molecule has 1 rings (SSSR count). The number of rotatable bonds is 1. The fraction of sp³-hybridized carbons (Fsp3) is 0.800. The smallest absolute Gasteiger partial charge is 0.0599 e. The van der Waals surface area contributed by atoms with E-state index in [0.717, 1.165) is 19.3 Å². The first-order chi connectivity index (χ1) is 5.15. The maximum Gasteiger partial charge on any atom is 0.0599 e. The summed E-state index contributed by atoms with van der Waals surface area (Å²) in [5, 5.41) is 9.71. The maximum absolute atomic E-state index is 9.71. The van der Waals surface area contributed by atoms with Crippen LogP contribution in [0.4, 0.5) is 0 Å². The minimum Gasteiger partial charge on any atom is -0.393 e. The molecule has 1 saturated carbocycles. The van der Waals surface area contributed by atoms with E-state index in [0.29, 0.717) is 11.8 Å². The molecule has 0 aromatic carbocycles. The van der Waals surface area contributed by atoms with Crippen molar-refractivity contribution in [2.75, 3.05) is 0 Å². The minimum absolute atomic E-state index is 0.0921. The zero-order valence-electron chi connectivity index (χ0n) is 7.51. The highest BCUT2D eigenvalue weighted by atomic mass is 16.3. The number of aliphatic hydroxyl groups is 1. The lowest BCUT2D eigenvalue weighted by atomic mass is 9.76. The molecule has 3 atom stereocenters. The van der Waals surface area contributed by atoms with E-state index in [1.807, 2.05) is 0 Å². The monoisotopic (exact) mass is 154 g/mol. The van der Waals surface area contributed by atoms with Gasteiger partial charge in [-0.25, -0.2) is 0 Å². The highest BCUT2D eigenvalue weighted by molar-refractivity contribution is 5.03. The molecule has 1 nitrogen and oxygen atoms in total. The fourth-order valence-corrected chi connectivity index (χ4v) is 2.00. The van der Waals surface area contributed by atoms with Gasteiger partial charge in [-0.2, -0.15) is 0 Å². The molecule has 0 spiro atoms. The van der Waals surface area contributed by atoms with Gasteiger partial charge in [0.25, 0.3) is 0 Å². The van der Waals surface area contributed by atoms with E-state index >= 15 is 0 Å². The van der Waals surface area contributed by atoms with Crippen molar-refractivity contribution in [1.29, 1.82) is 0 Å². The lowest BCUT2D eigenvalue weighted by Gasteiger charge is -2.33. The number of hydrogen-bond acceptors (Lipinski definition) is 1. The molecule has 3 unspecified atom stereocenters. The first kappa shape index (κ1) is 8.79. The van der Waals surface area contributed by atoms with E-state index in [4.69, 9.17) is 0 Å². The van der Waals surface area contributed by atoms with E-state index in [1.165, 1.54) is 5.57 Å². The zero-order chi connectivity index (χ0) is 8.43. The van der Waals surface area contributed by atoms with Gasteiger partial charge in [0, 0.05) is 0 Å². The van der Waals surface area contributed by atoms with Crippen LogP contribution in [0.25, 0.3) is 0 Å². The van der Waals surface area contributed by atoms with Crippen molar-refractivity contribution < 1.29 is 5.11 Å². The van der Waals surface area contributed by atoms with E-state index in [-0.39, 0.29) is 6.10 Å². The normalized spacial score (nSPS) is 39.2. The fourth-order valence-electron chi connectivity index (χ4n) is 2.00. The molecule has 0 aromatic heterocycles. The summed E-state index contributed by atoms with van der Waals surface area (Å²) in [6.45, 7) is 8.23. The van der Waals surface area contributed by atoms with Crippen molar-refractivity contribution in [2.45, 2.75) is 39.2 Å². The van der Waals surface area contributed by atoms with Crippen LogP contribution in [0, 0.1) is 11.8 Å². The van der Waals surface area contributed by atoms with Crippen LogP contribution >= 0.6 is 0 Å². The first-order valence-electron chi connectivity index (χ1n) is 4.49. The zero-order valence-corrected chi connectivity index (χ0v) is 7.51. The van der Waals surface area contributed by atoms with Crippen LogP contribution in [-0.4, -0.2) is 11.2 Å². The number of hydrogen-bond donors (Lipinski definition) is 1. The second-order valence-electron chi connectivity index (χ2n) is 3.79. The Morgan fingerprint density at radius 1 is 1.55 bits per heavy atom. The molecule has 0 radical (unpaired) electrons. The summed E-state index contributed by atoms with van der Waals surface area (Å²) in [5.41, 5.74) is 1.31. The van der Waals surface area contributed by atoms with Gasteiger partial charge in [0.2, 0.25) is 0 Å². The van der Waals surface area contributed by atoms with E-state index in [2.05, 4.69) is 20.4 Å². The molecule has 1 fully saturated rings. The molecule has 0 bridgehead atoms. The molecule has 1 aliphatic rings. The highest BCUT2D eigenvalue weighted by Crippen LogP contribution is 2.33. The minimum atomic E-state index is -0.0921. The van der Waals surface area contributed by atoms with E-state index in [9.17, 15) is 5.11 Å². The third-order valence-corrected chi connectivity index (χ3v) is 2.75. The van der Waals surface area contributed by atoms with Crippen LogP contribution in [0.2, 0.25) is 0 Å². The molecule has 0 amide bonds. The van der Waals surface area contributed by atoms with Gasteiger partial charge in [-0.05, 0) is 24.7 Å². The van der Waals surface area contributed by atoms with Gasteiger partial charge in [0.1, 0.15) is 0 Å². The summed E-state index contributed by atoms with van der Waals surface area (Å²) < 4.78 is 0. The summed E-state index contributed by atoms with van der Waals surface area (Å²) in [6.07, 6.45) is 3.02. The molecule has 0 saturated heterocycles. The van der Waals surface area contributed by atoms with Gasteiger partial charge >= 0.3 is 0 Å². The van der Waals surface area contributed by atoms with Gasteiger partial charge in [-0.3, -0.25) is 0 Å². The molecule has 0 aromatic rings. The predicted molar refractivity (Wildman–Crippen MR) is 47.3 cm³/mol. The Balaban J connectivity index is 2.58. The van der Waals surface area contributed by atoms with Gasteiger partial charge in [0.05, 0.1) is 6.10 Å². The Bertz CT molecular complexity index is 151. The third-order valence-electron chi connectivity index (χ3n) is 2.75. The van der Waals surface area contributed by atoms with Crippen molar-refractivity contribution in [2.24, 2.45) is 11.8 Å². The van der Waals surface area contributed by atoms with Crippen LogP contribution in [0.15, 0.2) is 12.2 Å². The van der Waals surface area contributed by atoms with Crippen molar-refractivity contribution >= 4 is 0 Å². The molecule has 1 aliphatic carbocycles. The summed E-state index contributed by atoms with van der Waals surface area (Å²) in [6, 6.07) is 0. The van der Waals surface area contributed by atoms with Crippen LogP contribution in [0.5, 0.6) is 0 Å². The Morgan fingerprint density at radius 2 is 2.18 bits per heavy atom. The van der Waals surface area contributed by atoms with Crippen LogP contribution < -0.4 is 0 Å². The van der Waals surface area contributed by atoms with E-state index in [1.54, 1.807) is 0 Å². The predicted octanol–water partition coefficient (Wildman–Crippen LogP) is 2.36. The highest BCUT2D eigenvalue weighted by Gasteiger charge is 2.28. The standard InChI is InChI=1S/C10H18O/c1-4-9-6-7(2)5-8(3)10(9)11/h8-11H,2,4-6H2,1,3H3. The van der Waals surface area contributed by atoms with Crippen LogP contribution in [0.1, 0.15) is 33.1 Å². The van der Waals surface area contributed by atoms with Gasteiger partial charge in [-0.1, -0.05) is 32.4 Å². The molecule has 0 aliphatic heterocycles. The molecule has 1 heteroatoms. The average molecular weight is 154 g/mol. The Morgan fingerprint density at radius 3 is 2.73 bits per heavy atom. The molecule has 64 valence electrons. The van der Waals surface area contributed by atoms with Crippen molar-refractivity contribution in [3.05, 3.63) is 12.2 Å². The third kappa shape index (κ3) is 1.84. The van der Waals surface area contributed by atoms with Crippen LogP contribution in [0.3, 0.4) is 0 Å². The Hall–Kier alpha value is -0.300. The number of aliphatic hydroxyl groups excluding tert-OH is 1. The maximum atomic E-state index is 9.71. The van der Waals surface area contributed by atoms with Crippen molar-refractivity contribution in [3.63, 3.8) is 0 Å². The lowest BCUT2D eigenvalue weighted by molar-refractivity contribution is 0.0399. The second kappa shape index (κ2) is 3.40. The SMILES string of the molecule is C=C1CC(C)C(O)C(CC)C1. The first-order valence-corrected chi connectivity index (χ1v) is 4.49. The molecular formula is C10H18O.